The minimum atomic E-state index is -1.02. The average molecular weight is 236 g/mol. The molecule has 5 heteroatoms. The van der Waals surface area contributed by atoms with Crippen molar-refractivity contribution in [1.82, 2.24) is 0 Å². The second kappa shape index (κ2) is 6.32. The summed E-state index contributed by atoms with van der Waals surface area (Å²) in [5.41, 5.74) is 0.698. The Morgan fingerprint density at radius 2 is 1.94 bits per heavy atom. The number of carboxylic acid groups (broad SMARTS) is 1. The van der Waals surface area contributed by atoms with Crippen LogP contribution in [0.5, 0.6) is 5.75 Å². The van der Waals surface area contributed by atoms with E-state index in [-0.39, 0.29) is 6.61 Å². The van der Waals surface area contributed by atoms with Crippen molar-refractivity contribution in [3.8, 4) is 5.75 Å². The van der Waals surface area contributed by atoms with Crippen molar-refractivity contribution in [2.75, 3.05) is 6.61 Å². The van der Waals surface area contributed by atoms with Crippen LogP contribution in [0.1, 0.15) is 12.5 Å². The molecule has 0 aromatic heterocycles. The van der Waals surface area contributed by atoms with Crippen molar-refractivity contribution in [2.45, 2.75) is 6.92 Å². The van der Waals surface area contributed by atoms with E-state index in [1.807, 2.05) is 0 Å². The topological polar surface area (TPSA) is 72.8 Å². The third-order valence-electron chi connectivity index (χ3n) is 1.76. The van der Waals surface area contributed by atoms with Crippen LogP contribution in [-0.2, 0) is 9.53 Å². The van der Waals surface area contributed by atoms with Gasteiger partial charge in [0.1, 0.15) is 5.75 Å². The van der Waals surface area contributed by atoms with Crippen LogP contribution in [0.3, 0.4) is 0 Å². The van der Waals surface area contributed by atoms with Crippen molar-refractivity contribution >= 4 is 18.2 Å². The molecule has 0 spiro atoms. The maximum Gasteiger partial charge on any atom is 0.513 e. The molecule has 0 amide bonds. The first-order valence-corrected chi connectivity index (χ1v) is 4.97. The summed E-state index contributed by atoms with van der Waals surface area (Å²) in [6.45, 7) is 1.93. The van der Waals surface area contributed by atoms with Gasteiger partial charge in [0, 0.05) is 6.08 Å². The number of carbonyl (C=O) groups is 2. The molecule has 0 fully saturated rings. The van der Waals surface area contributed by atoms with E-state index >= 15 is 0 Å². The maximum atomic E-state index is 11.0. The zero-order chi connectivity index (χ0) is 12.7. The van der Waals surface area contributed by atoms with Crippen LogP contribution in [0.2, 0.25) is 0 Å². The molecule has 0 radical (unpaired) electrons. The van der Waals surface area contributed by atoms with Gasteiger partial charge in [-0.2, -0.15) is 0 Å². The summed E-state index contributed by atoms with van der Waals surface area (Å²) in [5.74, 6) is -0.673. The molecular weight excluding hydrogens is 224 g/mol. The molecule has 1 aromatic carbocycles. The molecule has 0 saturated heterocycles. The van der Waals surface area contributed by atoms with Gasteiger partial charge in [-0.3, -0.25) is 0 Å². The van der Waals surface area contributed by atoms with Gasteiger partial charge in [0.15, 0.2) is 0 Å². The van der Waals surface area contributed by atoms with E-state index in [1.54, 1.807) is 31.2 Å². The minimum Gasteiger partial charge on any atom is -0.478 e. The fourth-order valence-corrected chi connectivity index (χ4v) is 1.06. The molecule has 0 aliphatic heterocycles. The van der Waals surface area contributed by atoms with E-state index in [1.165, 1.54) is 6.08 Å². The molecule has 0 aliphatic rings. The van der Waals surface area contributed by atoms with Crippen LogP contribution in [0.4, 0.5) is 4.79 Å². The summed E-state index contributed by atoms with van der Waals surface area (Å²) in [6.07, 6.45) is 1.71. The predicted molar refractivity (Wildman–Crippen MR) is 60.8 cm³/mol. The quantitative estimate of drug-likeness (QED) is 0.493. The van der Waals surface area contributed by atoms with Gasteiger partial charge < -0.3 is 14.6 Å². The lowest BCUT2D eigenvalue weighted by molar-refractivity contribution is -0.131. The van der Waals surface area contributed by atoms with Crippen LogP contribution in [0, 0.1) is 0 Å². The Morgan fingerprint density at radius 3 is 2.47 bits per heavy atom. The SMILES string of the molecule is CCOC(=O)Oc1ccc(C=CC(=O)O)cc1. The highest BCUT2D eigenvalue weighted by Gasteiger charge is 2.03. The van der Waals surface area contributed by atoms with Crippen LogP contribution in [0.15, 0.2) is 30.3 Å². The molecule has 1 N–H and O–H groups in total. The summed E-state index contributed by atoms with van der Waals surface area (Å²) in [7, 11) is 0. The summed E-state index contributed by atoms with van der Waals surface area (Å²) >= 11 is 0. The van der Waals surface area contributed by atoms with Gasteiger partial charge >= 0.3 is 12.1 Å². The van der Waals surface area contributed by atoms with Crippen molar-refractivity contribution in [2.24, 2.45) is 0 Å². The fourth-order valence-electron chi connectivity index (χ4n) is 1.06. The van der Waals surface area contributed by atoms with E-state index in [4.69, 9.17) is 9.84 Å². The number of carbonyl (C=O) groups excluding carboxylic acids is 1. The Labute approximate surface area is 98.3 Å². The first-order valence-electron chi connectivity index (χ1n) is 4.97. The van der Waals surface area contributed by atoms with E-state index in [2.05, 4.69) is 4.74 Å². The van der Waals surface area contributed by atoms with Crippen molar-refractivity contribution < 1.29 is 24.2 Å². The summed E-state index contributed by atoms with van der Waals surface area (Å²) in [5, 5.41) is 8.43. The number of carboxylic acids is 1. The lowest BCUT2D eigenvalue weighted by Crippen LogP contribution is -2.09. The molecular formula is C12H12O5. The molecule has 1 rings (SSSR count). The van der Waals surface area contributed by atoms with Gasteiger partial charge in [0.25, 0.3) is 0 Å². The summed E-state index contributed by atoms with van der Waals surface area (Å²) in [4.78, 5) is 21.3. The standard InChI is InChI=1S/C12H12O5/c1-2-16-12(15)17-10-6-3-9(4-7-10)5-8-11(13)14/h3-8H,2H2,1H3,(H,13,14). The number of hydrogen-bond donors (Lipinski definition) is 1. The first-order chi connectivity index (χ1) is 8.11. The first kappa shape index (κ1) is 12.8. The molecule has 90 valence electrons. The largest absolute Gasteiger partial charge is 0.513 e. The molecule has 0 bridgehead atoms. The Hall–Kier alpha value is -2.30. The smallest absolute Gasteiger partial charge is 0.478 e. The number of hydrogen-bond acceptors (Lipinski definition) is 4. The van der Waals surface area contributed by atoms with Crippen molar-refractivity contribution in [1.29, 1.82) is 0 Å². The zero-order valence-electron chi connectivity index (χ0n) is 9.25. The van der Waals surface area contributed by atoms with E-state index in [0.717, 1.165) is 6.08 Å². The van der Waals surface area contributed by atoms with E-state index in [9.17, 15) is 9.59 Å². The third kappa shape index (κ3) is 4.83. The maximum absolute atomic E-state index is 11.0. The number of aliphatic carboxylic acids is 1. The van der Waals surface area contributed by atoms with Gasteiger partial charge in [-0.05, 0) is 30.7 Å². The molecule has 0 saturated carbocycles. The Morgan fingerprint density at radius 1 is 1.29 bits per heavy atom. The Kier molecular flexibility index (Phi) is 4.75. The molecule has 1 aromatic rings. The highest BCUT2D eigenvalue weighted by atomic mass is 16.7. The monoisotopic (exact) mass is 236 g/mol. The Balaban J connectivity index is 2.62. The molecule has 5 nitrogen and oxygen atoms in total. The predicted octanol–water partition coefficient (Wildman–Crippen LogP) is 2.32. The molecule has 0 unspecified atom stereocenters. The second-order valence-electron chi connectivity index (χ2n) is 3.03. The molecule has 17 heavy (non-hydrogen) atoms. The van der Waals surface area contributed by atoms with Gasteiger partial charge in [0.05, 0.1) is 6.61 Å². The minimum absolute atomic E-state index is 0.248. The Bertz CT molecular complexity index is 419. The van der Waals surface area contributed by atoms with E-state index in [0.29, 0.717) is 11.3 Å². The van der Waals surface area contributed by atoms with Gasteiger partial charge in [-0.25, -0.2) is 9.59 Å². The normalized spacial score (nSPS) is 10.2. The van der Waals surface area contributed by atoms with Crippen molar-refractivity contribution in [3.05, 3.63) is 35.9 Å². The summed E-state index contributed by atoms with van der Waals surface area (Å²) < 4.78 is 9.44. The number of benzene rings is 1. The summed E-state index contributed by atoms with van der Waals surface area (Å²) in [6, 6.07) is 6.37. The van der Waals surface area contributed by atoms with Crippen LogP contribution < -0.4 is 4.74 Å². The van der Waals surface area contributed by atoms with Crippen molar-refractivity contribution in [3.63, 3.8) is 0 Å². The lowest BCUT2D eigenvalue weighted by atomic mass is 10.2. The van der Waals surface area contributed by atoms with Gasteiger partial charge in [-0.15, -0.1) is 0 Å². The average Bonchev–Trinajstić information content (AvgIpc) is 2.28. The zero-order valence-corrected chi connectivity index (χ0v) is 9.25. The second-order valence-corrected chi connectivity index (χ2v) is 3.03. The fraction of sp³-hybridized carbons (Fsp3) is 0.167. The highest BCUT2D eigenvalue weighted by Crippen LogP contribution is 2.13. The van der Waals surface area contributed by atoms with Gasteiger partial charge in [0.2, 0.25) is 0 Å². The molecule has 0 heterocycles. The van der Waals surface area contributed by atoms with Gasteiger partial charge in [-0.1, -0.05) is 12.1 Å². The number of rotatable bonds is 4. The molecule has 0 aliphatic carbocycles. The lowest BCUT2D eigenvalue weighted by Gasteiger charge is -2.03. The number of ether oxygens (including phenoxy) is 2. The molecule has 0 atom stereocenters. The van der Waals surface area contributed by atoms with E-state index < -0.39 is 12.1 Å². The van der Waals surface area contributed by atoms with Crippen LogP contribution >= 0.6 is 0 Å². The third-order valence-corrected chi connectivity index (χ3v) is 1.76. The van der Waals surface area contributed by atoms with Crippen LogP contribution in [-0.4, -0.2) is 23.8 Å². The van der Waals surface area contributed by atoms with Crippen LogP contribution in [0.25, 0.3) is 6.08 Å². The highest BCUT2D eigenvalue weighted by molar-refractivity contribution is 5.85.